The summed E-state index contributed by atoms with van der Waals surface area (Å²) in [7, 11) is -3.61. The van der Waals surface area contributed by atoms with Gasteiger partial charge in [0.15, 0.2) is 0 Å². The van der Waals surface area contributed by atoms with Gasteiger partial charge >= 0.3 is 5.97 Å². The molecule has 202 valence electrons. The maximum atomic E-state index is 13.0. The second-order valence-electron chi connectivity index (χ2n) is 8.58. The second kappa shape index (κ2) is 12.4. The van der Waals surface area contributed by atoms with Crippen LogP contribution in [-0.4, -0.2) is 55.8 Å². The number of amides is 1. The zero-order valence-electron chi connectivity index (χ0n) is 21.6. The normalized spacial score (nSPS) is 11.5. The quantitative estimate of drug-likeness (QED) is 0.210. The summed E-state index contributed by atoms with van der Waals surface area (Å²) < 4.78 is 32.1. The summed E-state index contributed by atoms with van der Waals surface area (Å²) >= 11 is 6.01. The van der Waals surface area contributed by atoms with Crippen LogP contribution in [0.2, 0.25) is 5.02 Å². The third kappa shape index (κ3) is 6.44. The molecule has 3 aromatic carbocycles. The van der Waals surface area contributed by atoms with Crippen LogP contribution in [0.4, 0.5) is 0 Å². The van der Waals surface area contributed by atoms with E-state index in [2.05, 4.69) is 10.3 Å². The molecule has 0 saturated carbocycles. The standard InChI is InChI=1S/C29H28ClN3O5S/c1-3-33(4-2)39(36,37)23-15-11-21(12-16-23)28(34)31-17-18-38-29(35)25-19-27(20-9-13-22(30)14-10-20)32-26-8-6-5-7-24(25)26/h5-16,19H,3-4,17-18H2,1-2H3,(H,31,34). The molecular weight excluding hydrogens is 538 g/mol. The zero-order chi connectivity index (χ0) is 28.0. The fourth-order valence-corrected chi connectivity index (χ4v) is 5.68. The monoisotopic (exact) mass is 565 g/mol. The maximum absolute atomic E-state index is 13.0. The van der Waals surface area contributed by atoms with Crippen LogP contribution >= 0.6 is 11.6 Å². The molecule has 8 nitrogen and oxygen atoms in total. The van der Waals surface area contributed by atoms with Crippen molar-refractivity contribution in [3.05, 3.63) is 95.0 Å². The number of aromatic nitrogens is 1. The molecule has 0 bridgehead atoms. The molecule has 1 heterocycles. The van der Waals surface area contributed by atoms with Crippen LogP contribution in [0.15, 0.2) is 83.8 Å². The number of sulfonamides is 1. The topological polar surface area (TPSA) is 106 Å². The first-order chi connectivity index (χ1) is 18.7. The van der Waals surface area contributed by atoms with Crippen molar-refractivity contribution in [3.8, 4) is 11.3 Å². The summed E-state index contributed by atoms with van der Waals surface area (Å²) in [5, 5.41) is 3.94. The first-order valence-corrected chi connectivity index (χ1v) is 14.3. The van der Waals surface area contributed by atoms with Crippen molar-refractivity contribution in [2.24, 2.45) is 0 Å². The van der Waals surface area contributed by atoms with Gasteiger partial charge in [0.1, 0.15) is 6.61 Å². The molecule has 0 atom stereocenters. The molecule has 0 aliphatic carbocycles. The van der Waals surface area contributed by atoms with E-state index in [1.54, 1.807) is 38.1 Å². The van der Waals surface area contributed by atoms with E-state index in [1.807, 2.05) is 30.3 Å². The van der Waals surface area contributed by atoms with Gasteiger partial charge in [-0.05, 0) is 48.5 Å². The van der Waals surface area contributed by atoms with E-state index in [0.717, 1.165) is 5.56 Å². The molecule has 0 aliphatic rings. The van der Waals surface area contributed by atoms with Crippen molar-refractivity contribution in [2.45, 2.75) is 18.7 Å². The molecule has 1 N–H and O–H groups in total. The highest BCUT2D eigenvalue weighted by molar-refractivity contribution is 7.89. The number of rotatable bonds is 10. The summed E-state index contributed by atoms with van der Waals surface area (Å²) in [4.78, 5) is 30.3. The summed E-state index contributed by atoms with van der Waals surface area (Å²) in [5.41, 5.74) is 2.73. The minimum absolute atomic E-state index is 0.0497. The van der Waals surface area contributed by atoms with E-state index >= 15 is 0 Å². The number of pyridine rings is 1. The molecule has 4 aromatic rings. The number of para-hydroxylation sites is 1. The van der Waals surface area contributed by atoms with Gasteiger partial charge in [-0.15, -0.1) is 0 Å². The van der Waals surface area contributed by atoms with Crippen molar-refractivity contribution < 1.29 is 22.7 Å². The molecule has 4 rings (SSSR count). The summed E-state index contributed by atoms with van der Waals surface area (Å²) in [6.45, 7) is 4.29. The number of fused-ring (bicyclic) bond motifs is 1. The third-order valence-electron chi connectivity index (χ3n) is 6.16. The highest BCUT2D eigenvalue weighted by atomic mass is 35.5. The smallest absolute Gasteiger partial charge is 0.338 e. The van der Waals surface area contributed by atoms with Gasteiger partial charge in [0.25, 0.3) is 5.91 Å². The second-order valence-corrected chi connectivity index (χ2v) is 11.0. The first-order valence-electron chi connectivity index (χ1n) is 12.5. The van der Waals surface area contributed by atoms with E-state index in [9.17, 15) is 18.0 Å². The van der Waals surface area contributed by atoms with Crippen LogP contribution in [-0.2, 0) is 14.8 Å². The Hall–Kier alpha value is -3.79. The maximum Gasteiger partial charge on any atom is 0.338 e. The Morgan fingerprint density at radius 3 is 2.28 bits per heavy atom. The number of hydrogen-bond acceptors (Lipinski definition) is 6. The van der Waals surface area contributed by atoms with Crippen molar-refractivity contribution >= 4 is 44.4 Å². The first kappa shape index (κ1) is 28.2. The Balaban J connectivity index is 1.40. The molecule has 0 unspecified atom stereocenters. The number of hydrogen-bond donors (Lipinski definition) is 1. The average molecular weight is 566 g/mol. The predicted molar refractivity (Wildman–Crippen MR) is 151 cm³/mol. The van der Waals surface area contributed by atoms with Gasteiger partial charge in [0, 0.05) is 34.6 Å². The van der Waals surface area contributed by atoms with Crippen LogP contribution in [0.25, 0.3) is 22.2 Å². The van der Waals surface area contributed by atoms with E-state index < -0.39 is 21.9 Å². The largest absolute Gasteiger partial charge is 0.460 e. The highest BCUT2D eigenvalue weighted by Crippen LogP contribution is 2.26. The van der Waals surface area contributed by atoms with E-state index in [4.69, 9.17) is 16.3 Å². The molecule has 1 amide bonds. The predicted octanol–water partition coefficient (Wildman–Crippen LogP) is 5.17. The number of nitrogens with zero attached hydrogens (tertiary/aromatic N) is 2. The molecule has 0 fully saturated rings. The number of halogens is 1. The van der Waals surface area contributed by atoms with Crippen LogP contribution < -0.4 is 5.32 Å². The fourth-order valence-electron chi connectivity index (χ4n) is 4.09. The third-order valence-corrected chi connectivity index (χ3v) is 8.47. The summed E-state index contributed by atoms with van der Waals surface area (Å²) in [6.07, 6.45) is 0. The molecule has 10 heteroatoms. The van der Waals surface area contributed by atoms with Crippen molar-refractivity contribution in [2.75, 3.05) is 26.2 Å². The molecular formula is C29H28ClN3O5S. The van der Waals surface area contributed by atoms with Gasteiger partial charge in [-0.3, -0.25) is 4.79 Å². The Kier molecular flexibility index (Phi) is 8.96. The van der Waals surface area contributed by atoms with Crippen LogP contribution in [0.3, 0.4) is 0 Å². The summed E-state index contributed by atoms with van der Waals surface area (Å²) in [5.74, 6) is -0.943. The van der Waals surface area contributed by atoms with Crippen LogP contribution in [0.5, 0.6) is 0 Å². The van der Waals surface area contributed by atoms with Crippen molar-refractivity contribution in [3.63, 3.8) is 0 Å². The SMILES string of the molecule is CCN(CC)S(=O)(=O)c1ccc(C(=O)NCCOC(=O)c2cc(-c3ccc(Cl)cc3)nc3ccccc23)cc1. The van der Waals surface area contributed by atoms with Gasteiger partial charge in [0.05, 0.1) is 28.2 Å². The number of ether oxygens (including phenoxy) is 1. The van der Waals surface area contributed by atoms with Gasteiger partial charge in [-0.1, -0.05) is 55.8 Å². The zero-order valence-corrected chi connectivity index (χ0v) is 23.1. The number of carbonyl (C=O) groups is 2. The lowest BCUT2D eigenvalue weighted by Crippen LogP contribution is -2.31. The number of benzene rings is 3. The molecule has 0 saturated heterocycles. The van der Waals surface area contributed by atoms with E-state index in [0.29, 0.717) is 45.8 Å². The van der Waals surface area contributed by atoms with Crippen molar-refractivity contribution in [1.82, 2.24) is 14.6 Å². The van der Waals surface area contributed by atoms with Gasteiger partial charge in [-0.25, -0.2) is 18.2 Å². The number of carbonyl (C=O) groups excluding carboxylic acids is 2. The Bertz CT molecular complexity index is 1590. The van der Waals surface area contributed by atoms with Gasteiger partial charge < -0.3 is 10.1 Å². The lowest BCUT2D eigenvalue weighted by atomic mass is 10.0. The number of nitrogens with one attached hydrogen (secondary N) is 1. The molecule has 0 spiro atoms. The molecule has 0 aliphatic heterocycles. The molecule has 1 aromatic heterocycles. The molecule has 0 radical (unpaired) electrons. The van der Waals surface area contributed by atoms with Crippen LogP contribution in [0, 0.1) is 0 Å². The van der Waals surface area contributed by atoms with Crippen molar-refractivity contribution in [1.29, 1.82) is 0 Å². The summed E-state index contributed by atoms with van der Waals surface area (Å²) in [6, 6.07) is 21.9. The highest BCUT2D eigenvalue weighted by Gasteiger charge is 2.22. The lowest BCUT2D eigenvalue weighted by Gasteiger charge is -2.18. The Labute approximate surface area is 232 Å². The molecule has 39 heavy (non-hydrogen) atoms. The minimum atomic E-state index is -3.61. The van der Waals surface area contributed by atoms with Gasteiger partial charge in [-0.2, -0.15) is 4.31 Å². The Morgan fingerprint density at radius 2 is 1.62 bits per heavy atom. The minimum Gasteiger partial charge on any atom is -0.460 e. The van der Waals surface area contributed by atoms with E-state index in [-0.39, 0.29) is 18.0 Å². The lowest BCUT2D eigenvalue weighted by molar-refractivity contribution is 0.0505. The fraction of sp³-hybridized carbons (Fsp3) is 0.207. The number of esters is 1. The van der Waals surface area contributed by atoms with E-state index in [1.165, 1.54) is 28.6 Å². The van der Waals surface area contributed by atoms with Crippen LogP contribution in [0.1, 0.15) is 34.6 Å². The average Bonchev–Trinajstić information content (AvgIpc) is 2.95. The van der Waals surface area contributed by atoms with Gasteiger partial charge in [0.2, 0.25) is 10.0 Å². The Morgan fingerprint density at radius 1 is 0.949 bits per heavy atom.